The number of rotatable bonds is 7. The summed E-state index contributed by atoms with van der Waals surface area (Å²) in [5, 5.41) is 0. The Morgan fingerprint density at radius 3 is 0.450 bits per heavy atom. The van der Waals surface area contributed by atoms with Gasteiger partial charge in [-0.2, -0.15) is 0 Å². The quantitative estimate of drug-likeness (QED) is 0.563. The fraction of sp³-hybridized carbons (Fsp3) is 1.00. The lowest BCUT2D eigenvalue weighted by Crippen LogP contribution is -2.94. The van der Waals surface area contributed by atoms with Crippen molar-refractivity contribution in [3.63, 3.8) is 0 Å². The van der Waals surface area contributed by atoms with Gasteiger partial charge in [0.1, 0.15) is 0 Å². The summed E-state index contributed by atoms with van der Waals surface area (Å²) in [7, 11) is -0.323. The molecule has 0 saturated carbocycles. The molecular formula is C12H36Si8. The Labute approximate surface area is 140 Å². The van der Waals surface area contributed by atoms with Gasteiger partial charge in [-0.15, -0.1) is 0 Å². The van der Waals surface area contributed by atoms with Crippen LogP contribution >= 0.6 is 0 Å². The Bertz CT molecular complexity index is 224. The van der Waals surface area contributed by atoms with Gasteiger partial charge in [-0.1, -0.05) is 78.6 Å². The topological polar surface area (TPSA) is 0 Å². The Morgan fingerprint density at radius 1 is 0.300 bits per heavy atom. The molecule has 0 fully saturated rings. The van der Waals surface area contributed by atoms with Gasteiger partial charge >= 0.3 is 0 Å². The minimum atomic E-state index is -0.916. The number of hydrogen-bond donors (Lipinski definition) is 0. The van der Waals surface area contributed by atoms with E-state index in [9.17, 15) is 0 Å². The highest BCUT2D eigenvalue weighted by molar-refractivity contribution is 8.20. The molecule has 0 N–H and O–H groups in total. The maximum Gasteiger partial charge on any atom is 0.0250 e. The van der Waals surface area contributed by atoms with E-state index < -0.39 is 12.3 Å². The van der Waals surface area contributed by atoms with Gasteiger partial charge < -0.3 is 0 Å². The van der Waals surface area contributed by atoms with Gasteiger partial charge in [0.2, 0.25) is 0 Å². The Morgan fingerprint density at radius 2 is 0.400 bits per heavy atom. The SMILES string of the molecule is C[Si](C)[Si]([Si](C)C)([Si](C)C)[Si]([Si](C)C)([Si](C)C)[Si](C)C. The second-order valence-electron chi connectivity index (χ2n) is 7.50. The van der Waals surface area contributed by atoms with E-state index >= 15 is 0 Å². The van der Waals surface area contributed by atoms with Gasteiger partial charge in [-0.3, -0.25) is 0 Å². The summed E-state index contributed by atoms with van der Waals surface area (Å²) in [5.74, 6) is 0. The van der Waals surface area contributed by atoms with Crippen molar-refractivity contribution in [2.75, 3.05) is 0 Å². The molecule has 0 aliphatic rings. The molecule has 116 valence electrons. The summed E-state index contributed by atoms with van der Waals surface area (Å²) in [6.07, 6.45) is -1.83. The van der Waals surface area contributed by atoms with Crippen LogP contribution in [-0.4, -0.2) is 62.2 Å². The smallest absolute Gasteiger partial charge is 0.0250 e. The third kappa shape index (κ3) is 3.17. The fourth-order valence-corrected chi connectivity index (χ4v) is 263. The molecule has 6 radical (unpaired) electrons. The zero-order chi connectivity index (χ0) is 16.5. The maximum absolute atomic E-state index is 2.76. The molecule has 0 atom stereocenters. The van der Waals surface area contributed by atoms with Crippen LogP contribution in [0.1, 0.15) is 0 Å². The third-order valence-corrected chi connectivity index (χ3v) is 167. The Hall–Kier alpha value is 1.74. The molecule has 0 aliphatic carbocycles. The third-order valence-electron chi connectivity index (χ3n) is 5.06. The highest BCUT2D eigenvalue weighted by Gasteiger charge is 2.64. The van der Waals surface area contributed by atoms with E-state index in [-0.39, 0.29) is 49.9 Å². The summed E-state index contributed by atoms with van der Waals surface area (Å²) in [5.41, 5.74) is 0. The van der Waals surface area contributed by atoms with Crippen molar-refractivity contribution in [1.29, 1.82) is 0 Å². The van der Waals surface area contributed by atoms with Crippen LogP contribution < -0.4 is 0 Å². The monoisotopic (exact) mass is 404 g/mol. The molecule has 0 heterocycles. The summed E-state index contributed by atoms with van der Waals surface area (Å²) < 4.78 is 0. The first-order chi connectivity index (χ1) is 8.91. The zero-order valence-electron chi connectivity index (χ0n) is 16.0. The van der Waals surface area contributed by atoms with Crippen LogP contribution in [0.2, 0.25) is 78.6 Å². The predicted molar refractivity (Wildman–Crippen MR) is 116 cm³/mol. The van der Waals surface area contributed by atoms with Crippen molar-refractivity contribution in [1.82, 2.24) is 0 Å². The molecule has 0 aromatic rings. The normalized spacial score (nSPS) is 14.7. The minimum Gasteiger partial charge on any atom is -0.0739 e. The average molecular weight is 405 g/mol. The molecule has 0 spiro atoms. The summed E-state index contributed by atoms with van der Waals surface area (Å²) >= 11 is 0. The van der Waals surface area contributed by atoms with Crippen LogP contribution in [0.3, 0.4) is 0 Å². The molecule has 0 aromatic heterocycles. The summed E-state index contributed by atoms with van der Waals surface area (Å²) in [4.78, 5) is 0. The molecule has 0 saturated heterocycles. The second kappa shape index (κ2) is 8.02. The Kier molecular flexibility index (Phi) is 8.71. The van der Waals surface area contributed by atoms with E-state index in [1.54, 1.807) is 0 Å². The van der Waals surface area contributed by atoms with E-state index in [0.29, 0.717) is 0 Å². The lowest BCUT2D eigenvalue weighted by Gasteiger charge is -2.61. The highest BCUT2D eigenvalue weighted by Crippen LogP contribution is 2.34. The second-order valence-corrected chi connectivity index (χ2v) is 76.5. The van der Waals surface area contributed by atoms with E-state index in [2.05, 4.69) is 78.6 Å². The van der Waals surface area contributed by atoms with E-state index in [0.717, 1.165) is 0 Å². The van der Waals surface area contributed by atoms with E-state index in [1.165, 1.54) is 0 Å². The van der Waals surface area contributed by atoms with Crippen LogP contribution in [-0.2, 0) is 0 Å². The lowest BCUT2D eigenvalue weighted by atomic mass is 11.9. The van der Waals surface area contributed by atoms with Crippen molar-refractivity contribution in [3.8, 4) is 0 Å². The van der Waals surface area contributed by atoms with Crippen LogP contribution in [0.25, 0.3) is 0 Å². The number of hydrogen-bond acceptors (Lipinski definition) is 0. The van der Waals surface area contributed by atoms with Crippen LogP contribution in [0.5, 0.6) is 0 Å². The molecular weight excluding hydrogens is 369 g/mol. The molecule has 0 unspecified atom stereocenters. The van der Waals surface area contributed by atoms with Crippen LogP contribution in [0.15, 0.2) is 0 Å². The lowest BCUT2D eigenvalue weighted by molar-refractivity contribution is 1.96. The average Bonchev–Trinajstić information content (AvgIpc) is 2.21. The van der Waals surface area contributed by atoms with E-state index in [1.807, 2.05) is 0 Å². The molecule has 0 aromatic carbocycles. The molecule has 0 bridgehead atoms. The van der Waals surface area contributed by atoms with Gasteiger partial charge in [-0.05, 0) is 0 Å². The minimum absolute atomic E-state index is 0.0538. The predicted octanol–water partition coefficient (Wildman–Crippen LogP) is 3.96. The van der Waals surface area contributed by atoms with Crippen LogP contribution in [0, 0.1) is 0 Å². The van der Waals surface area contributed by atoms with Gasteiger partial charge in [-0.25, -0.2) is 0 Å². The van der Waals surface area contributed by atoms with Gasteiger partial charge in [0.25, 0.3) is 0 Å². The van der Waals surface area contributed by atoms with Crippen molar-refractivity contribution in [2.24, 2.45) is 0 Å². The standard InChI is InChI=1S/C12H36Si8/c1-13(2)19(14(3)4,15(5)6)20(16(7)8,17(9)10)18(11)12/h1-12H3. The summed E-state index contributed by atoms with van der Waals surface area (Å²) in [6, 6.07) is 0. The largest absolute Gasteiger partial charge is 0.0739 e. The first-order valence-corrected chi connectivity index (χ1v) is 33.8. The molecule has 0 rings (SSSR count). The van der Waals surface area contributed by atoms with Crippen LogP contribution in [0.4, 0.5) is 0 Å². The fourth-order valence-electron chi connectivity index (χ4n) is 5.25. The van der Waals surface area contributed by atoms with Gasteiger partial charge in [0, 0.05) is 62.2 Å². The molecule has 0 nitrogen and oxygen atoms in total. The molecule has 8 heteroatoms. The molecule has 0 aliphatic heterocycles. The highest BCUT2D eigenvalue weighted by atomic mass is 30.4. The maximum atomic E-state index is 2.76. The van der Waals surface area contributed by atoms with Crippen molar-refractivity contribution < 1.29 is 0 Å². The van der Waals surface area contributed by atoms with Crippen molar-refractivity contribution in [3.05, 3.63) is 0 Å². The zero-order valence-corrected chi connectivity index (χ0v) is 24.0. The van der Waals surface area contributed by atoms with E-state index in [4.69, 9.17) is 0 Å². The van der Waals surface area contributed by atoms with Gasteiger partial charge in [0.05, 0.1) is 0 Å². The Balaban J connectivity index is 6.58. The van der Waals surface area contributed by atoms with Crippen molar-refractivity contribution >= 4 is 62.2 Å². The first-order valence-electron chi connectivity index (χ1n) is 7.75. The summed E-state index contributed by atoms with van der Waals surface area (Å²) in [6.45, 7) is 33.1. The first kappa shape index (κ1) is 21.7. The molecule has 20 heavy (non-hydrogen) atoms. The molecule has 0 amide bonds. The van der Waals surface area contributed by atoms with Crippen molar-refractivity contribution in [2.45, 2.75) is 78.6 Å². The van der Waals surface area contributed by atoms with Gasteiger partial charge in [0.15, 0.2) is 0 Å².